The minimum atomic E-state index is -3.59. The van der Waals surface area contributed by atoms with Gasteiger partial charge < -0.3 is 0 Å². The molecule has 21 heavy (non-hydrogen) atoms. The minimum absolute atomic E-state index is 0.105. The van der Waals surface area contributed by atoms with Crippen LogP contribution in [-0.2, 0) is 16.6 Å². The number of halogens is 3. The number of rotatable bonds is 4. The molecule has 112 valence electrons. The zero-order valence-corrected chi connectivity index (χ0v) is 14.9. The Kier molecular flexibility index (Phi) is 5.33. The molecule has 0 heterocycles. The minimum Gasteiger partial charge on any atom is -0.207 e. The van der Waals surface area contributed by atoms with Crippen LogP contribution in [0.15, 0.2) is 45.8 Å². The Balaban J connectivity index is 2.19. The third-order valence-electron chi connectivity index (χ3n) is 2.91. The summed E-state index contributed by atoms with van der Waals surface area (Å²) in [7, 11) is -3.59. The van der Waals surface area contributed by atoms with Gasteiger partial charge in [-0.1, -0.05) is 45.2 Å². The number of nitrogens with one attached hydrogen (secondary N) is 1. The molecule has 0 saturated carbocycles. The van der Waals surface area contributed by atoms with Crippen LogP contribution in [0.4, 0.5) is 0 Å². The number of aryl methyl sites for hydroxylation is 1. The molecule has 0 unspecified atom stereocenters. The van der Waals surface area contributed by atoms with Gasteiger partial charge in [0.2, 0.25) is 10.0 Å². The molecule has 0 spiro atoms. The van der Waals surface area contributed by atoms with Crippen molar-refractivity contribution in [1.29, 1.82) is 0 Å². The topological polar surface area (TPSA) is 46.2 Å². The SMILES string of the molecule is Cc1cc(S(=O)(=O)NCc2ccc(Cl)cc2Cl)ccc1Br. The first kappa shape index (κ1) is 16.8. The standard InChI is InChI=1S/C14H12BrCl2NO2S/c1-9-6-12(4-5-13(9)15)21(19,20)18-8-10-2-3-11(16)7-14(10)17/h2-7,18H,8H2,1H3. The molecule has 0 aliphatic rings. The van der Waals surface area contributed by atoms with Crippen LogP contribution in [0, 0.1) is 6.92 Å². The van der Waals surface area contributed by atoms with Crippen LogP contribution in [0.1, 0.15) is 11.1 Å². The molecule has 7 heteroatoms. The second-order valence-corrected chi connectivity index (χ2v) is 7.94. The van der Waals surface area contributed by atoms with Gasteiger partial charge in [0.15, 0.2) is 0 Å². The van der Waals surface area contributed by atoms with E-state index >= 15 is 0 Å². The monoisotopic (exact) mass is 407 g/mol. The van der Waals surface area contributed by atoms with Crippen LogP contribution in [0.25, 0.3) is 0 Å². The fourth-order valence-corrected chi connectivity index (χ4v) is 3.52. The summed E-state index contributed by atoms with van der Waals surface area (Å²) in [4.78, 5) is 0.216. The summed E-state index contributed by atoms with van der Waals surface area (Å²) in [5.74, 6) is 0. The lowest BCUT2D eigenvalue weighted by Crippen LogP contribution is -2.23. The lowest BCUT2D eigenvalue weighted by atomic mass is 10.2. The molecule has 0 fully saturated rings. The van der Waals surface area contributed by atoms with Gasteiger partial charge in [-0.25, -0.2) is 13.1 Å². The van der Waals surface area contributed by atoms with E-state index in [9.17, 15) is 8.42 Å². The summed E-state index contributed by atoms with van der Waals surface area (Å²) in [6.45, 7) is 1.94. The fraction of sp³-hybridized carbons (Fsp3) is 0.143. The second-order valence-electron chi connectivity index (χ2n) is 4.47. The van der Waals surface area contributed by atoms with Crippen molar-refractivity contribution in [2.45, 2.75) is 18.4 Å². The molecule has 0 aromatic heterocycles. The molecule has 2 aromatic carbocycles. The molecular formula is C14H12BrCl2NO2S. The van der Waals surface area contributed by atoms with E-state index in [2.05, 4.69) is 20.7 Å². The van der Waals surface area contributed by atoms with Crippen LogP contribution in [0.2, 0.25) is 10.0 Å². The van der Waals surface area contributed by atoms with Crippen molar-refractivity contribution in [2.75, 3.05) is 0 Å². The van der Waals surface area contributed by atoms with Crippen molar-refractivity contribution >= 4 is 49.2 Å². The molecule has 0 saturated heterocycles. The maximum absolute atomic E-state index is 12.3. The van der Waals surface area contributed by atoms with Gasteiger partial charge in [-0.2, -0.15) is 0 Å². The highest BCUT2D eigenvalue weighted by Gasteiger charge is 2.15. The smallest absolute Gasteiger partial charge is 0.207 e. The van der Waals surface area contributed by atoms with Gasteiger partial charge in [-0.05, 0) is 48.4 Å². The third kappa shape index (κ3) is 4.20. The Morgan fingerprint density at radius 2 is 1.86 bits per heavy atom. The van der Waals surface area contributed by atoms with E-state index < -0.39 is 10.0 Å². The first-order chi connectivity index (χ1) is 9.79. The average Bonchev–Trinajstić information content (AvgIpc) is 2.40. The highest BCUT2D eigenvalue weighted by molar-refractivity contribution is 9.10. The number of hydrogen-bond donors (Lipinski definition) is 1. The predicted molar refractivity (Wildman–Crippen MR) is 89.4 cm³/mol. The maximum Gasteiger partial charge on any atom is 0.240 e. The first-order valence-corrected chi connectivity index (χ1v) is 9.02. The highest BCUT2D eigenvalue weighted by Crippen LogP contribution is 2.22. The molecule has 0 aliphatic heterocycles. The molecular weight excluding hydrogens is 397 g/mol. The lowest BCUT2D eigenvalue weighted by molar-refractivity contribution is 0.581. The second kappa shape index (κ2) is 6.67. The molecule has 2 aromatic rings. The number of hydrogen-bond acceptors (Lipinski definition) is 2. The van der Waals surface area contributed by atoms with Crippen molar-refractivity contribution in [3.05, 3.63) is 62.0 Å². The van der Waals surface area contributed by atoms with Crippen LogP contribution < -0.4 is 4.72 Å². The largest absolute Gasteiger partial charge is 0.240 e. The summed E-state index contributed by atoms with van der Waals surface area (Å²) >= 11 is 15.2. The van der Waals surface area contributed by atoms with Crippen molar-refractivity contribution < 1.29 is 8.42 Å². The first-order valence-electron chi connectivity index (χ1n) is 5.99. The molecule has 0 radical (unpaired) electrons. The fourth-order valence-electron chi connectivity index (χ4n) is 1.71. The number of sulfonamides is 1. The van der Waals surface area contributed by atoms with E-state index in [4.69, 9.17) is 23.2 Å². The molecule has 0 atom stereocenters. The predicted octanol–water partition coefficient (Wildman–Crippen LogP) is 4.54. The zero-order valence-electron chi connectivity index (χ0n) is 11.0. The van der Waals surface area contributed by atoms with Crippen LogP contribution >= 0.6 is 39.1 Å². The molecule has 0 bridgehead atoms. The Bertz CT molecular complexity index is 779. The third-order valence-corrected chi connectivity index (χ3v) is 5.78. The maximum atomic E-state index is 12.3. The van der Waals surface area contributed by atoms with Gasteiger partial charge in [0.05, 0.1) is 4.90 Å². The molecule has 1 N–H and O–H groups in total. The van der Waals surface area contributed by atoms with E-state index in [1.807, 2.05) is 6.92 Å². The summed E-state index contributed by atoms with van der Waals surface area (Å²) < 4.78 is 27.9. The van der Waals surface area contributed by atoms with Crippen LogP contribution in [0.5, 0.6) is 0 Å². The van der Waals surface area contributed by atoms with Gasteiger partial charge in [-0.3, -0.25) is 0 Å². The molecule has 0 aliphatic carbocycles. The van der Waals surface area contributed by atoms with Crippen LogP contribution in [-0.4, -0.2) is 8.42 Å². The quantitative estimate of drug-likeness (QED) is 0.806. The highest BCUT2D eigenvalue weighted by atomic mass is 79.9. The molecule has 0 amide bonds. The lowest BCUT2D eigenvalue weighted by Gasteiger charge is -2.09. The Morgan fingerprint density at radius 1 is 1.14 bits per heavy atom. The zero-order chi connectivity index (χ0) is 15.6. The van der Waals surface area contributed by atoms with E-state index in [0.29, 0.717) is 15.6 Å². The van der Waals surface area contributed by atoms with E-state index in [1.54, 1.807) is 36.4 Å². The molecule has 2 rings (SSSR count). The van der Waals surface area contributed by atoms with Crippen LogP contribution in [0.3, 0.4) is 0 Å². The van der Waals surface area contributed by atoms with Gasteiger partial charge >= 0.3 is 0 Å². The van der Waals surface area contributed by atoms with Gasteiger partial charge in [-0.15, -0.1) is 0 Å². The van der Waals surface area contributed by atoms with Gasteiger partial charge in [0.1, 0.15) is 0 Å². The van der Waals surface area contributed by atoms with Crippen molar-refractivity contribution in [3.8, 4) is 0 Å². The average molecular weight is 409 g/mol. The summed E-state index contributed by atoms with van der Waals surface area (Å²) in [5.41, 5.74) is 1.51. The normalized spacial score (nSPS) is 11.6. The van der Waals surface area contributed by atoms with Crippen molar-refractivity contribution in [2.24, 2.45) is 0 Å². The van der Waals surface area contributed by atoms with Crippen molar-refractivity contribution in [1.82, 2.24) is 4.72 Å². The van der Waals surface area contributed by atoms with E-state index in [1.165, 1.54) is 0 Å². The Labute approximate surface area is 142 Å². The van der Waals surface area contributed by atoms with Crippen molar-refractivity contribution in [3.63, 3.8) is 0 Å². The summed E-state index contributed by atoms with van der Waals surface area (Å²) in [5, 5.41) is 0.937. The summed E-state index contributed by atoms with van der Waals surface area (Å²) in [6, 6.07) is 9.80. The molecule has 3 nitrogen and oxygen atoms in total. The van der Waals surface area contributed by atoms with E-state index in [0.717, 1.165) is 10.0 Å². The number of benzene rings is 2. The Morgan fingerprint density at radius 3 is 2.48 bits per heavy atom. The van der Waals surface area contributed by atoms with E-state index in [-0.39, 0.29) is 11.4 Å². The van der Waals surface area contributed by atoms with Gasteiger partial charge in [0.25, 0.3) is 0 Å². The Hall–Kier alpha value is -0.590. The van der Waals surface area contributed by atoms with Gasteiger partial charge in [0, 0.05) is 21.1 Å². The summed E-state index contributed by atoms with van der Waals surface area (Å²) in [6.07, 6.45) is 0.